The summed E-state index contributed by atoms with van der Waals surface area (Å²) in [5.74, 6) is 0.232. The van der Waals surface area contributed by atoms with E-state index in [1.165, 1.54) is 16.2 Å². The van der Waals surface area contributed by atoms with Crippen LogP contribution in [0.2, 0.25) is 0 Å². The molecule has 1 N–H and O–H groups in total. The Bertz CT molecular complexity index is 1660. The highest BCUT2D eigenvalue weighted by molar-refractivity contribution is 6.21. The maximum Gasteiger partial charge on any atom is 0.261 e. The number of carbonyl (C=O) groups excluding carboxylic acids is 2. The lowest BCUT2D eigenvalue weighted by atomic mass is 9.96. The molecule has 2 aromatic heterocycles. The molecule has 5 heterocycles. The summed E-state index contributed by atoms with van der Waals surface area (Å²) in [7, 11) is 0. The van der Waals surface area contributed by atoms with Crippen molar-refractivity contribution in [3.8, 4) is 16.9 Å². The maximum absolute atomic E-state index is 12.6. The van der Waals surface area contributed by atoms with Gasteiger partial charge in [0.25, 0.3) is 11.8 Å². The number of pyridine rings is 1. The number of aromatic nitrogens is 3. The molecule has 0 aliphatic carbocycles. The van der Waals surface area contributed by atoms with E-state index in [1.54, 1.807) is 24.3 Å². The number of imide groups is 1. The van der Waals surface area contributed by atoms with Gasteiger partial charge < -0.3 is 10.1 Å². The summed E-state index contributed by atoms with van der Waals surface area (Å²) in [6.45, 7) is 2.43. The van der Waals surface area contributed by atoms with Crippen molar-refractivity contribution in [3.05, 3.63) is 95.5 Å². The number of aryl methyl sites for hydroxylation is 1. The first-order valence-corrected chi connectivity index (χ1v) is 13.4. The van der Waals surface area contributed by atoms with Gasteiger partial charge in [-0.2, -0.15) is 5.10 Å². The Balaban J connectivity index is 1.10. The van der Waals surface area contributed by atoms with E-state index < -0.39 is 0 Å². The highest BCUT2D eigenvalue weighted by Gasteiger charge is 2.34. The molecular weight excluding hydrogens is 490 g/mol. The van der Waals surface area contributed by atoms with Gasteiger partial charge in [-0.25, -0.2) is 0 Å². The minimum Gasteiger partial charge on any atom is -0.493 e. The first-order valence-electron chi connectivity index (χ1n) is 13.4. The second-order valence-corrected chi connectivity index (χ2v) is 9.93. The molecule has 2 amide bonds. The topological polar surface area (TPSA) is 89.4 Å². The molecule has 0 spiro atoms. The number of allylic oxidation sites excluding steroid dienone is 2. The van der Waals surface area contributed by atoms with Gasteiger partial charge in [0.1, 0.15) is 11.4 Å². The second-order valence-electron chi connectivity index (χ2n) is 9.93. The van der Waals surface area contributed by atoms with Crippen molar-refractivity contribution in [1.82, 2.24) is 25.0 Å². The van der Waals surface area contributed by atoms with Gasteiger partial charge in [-0.05, 0) is 61.2 Å². The maximum atomic E-state index is 12.6. The van der Waals surface area contributed by atoms with Crippen LogP contribution in [0, 0.1) is 0 Å². The van der Waals surface area contributed by atoms with Crippen LogP contribution < -0.4 is 10.1 Å². The number of hydrogen-bond acceptors (Lipinski definition) is 6. The largest absolute Gasteiger partial charge is 0.493 e. The highest BCUT2D eigenvalue weighted by atomic mass is 16.5. The Morgan fingerprint density at radius 3 is 2.64 bits per heavy atom. The van der Waals surface area contributed by atoms with Gasteiger partial charge in [-0.1, -0.05) is 24.3 Å². The molecule has 0 saturated heterocycles. The van der Waals surface area contributed by atoms with Gasteiger partial charge in [0, 0.05) is 48.5 Å². The van der Waals surface area contributed by atoms with E-state index in [1.807, 2.05) is 18.3 Å². The molecule has 4 aromatic rings. The summed E-state index contributed by atoms with van der Waals surface area (Å²) < 4.78 is 8.16. The van der Waals surface area contributed by atoms with Crippen LogP contribution in [-0.2, 0) is 13.0 Å². The normalized spacial score (nSPS) is 15.9. The zero-order valence-electron chi connectivity index (χ0n) is 21.4. The number of rotatable bonds is 7. The molecule has 0 saturated carbocycles. The third-order valence-corrected chi connectivity index (χ3v) is 7.56. The van der Waals surface area contributed by atoms with Gasteiger partial charge in [-0.15, -0.1) is 0 Å². The van der Waals surface area contributed by atoms with E-state index in [4.69, 9.17) is 9.84 Å². The SMILES string of the molecule is O=C1c2ccccc2C(=O)N1CCCOc1ccc2c(-c3c(C4=CC=CCN4)nn4c3CCC4)ccnc2c1. The Morgan fingerprint density at radius 2 is 1.85 bits per heavy atom. The van der Waals surface area contributed by atoms with E-state index in [0.29, 0.717) is 36.4 Å². The summed E-state index contributed by atoms with van der Waals surface area (Å²) in [6.07, 6.45) is 10.7. The Hall–Kier alpha value is -4.72. The molecular formula is C31H27N5O3. The van der Waals surface area contributed by atoms with Gasteiger partial charge in [-0.3, -0.25) is 24.2 Å². The lowest BCUT2D eigenvalue weighted by Gasteiger charge is -2.15. The number of fused-ring (bicyclic) bond motifs is 3. The number of nitrogens with one attached hydrogen (secondary N) is 1. The molecule has 7 rings (SSSR count). The highest BCUT2D eigenvalue weighted by Crippen LogP contribution is 2.38. The first-order chi connectivity index (χ1) is 19.2. The summed E-state index contributed by atoms with van der Waals surface area (Å²) in [6, 6.07) is 15.0. The molecule has 39 heavy (non-hydrogen) atoms. The summed E-state index contributed by atoms with van der Waals surface area (Å²) in [4.78, 5) is 31.1. The fourth-order valence-corrected chi connectivity index (χ4v) is 5.72. The van der Waals surface area contributed by atoms with Gasteiger partial charge in [0.2, 0.25) is 0 Å². The van der Waals surface area contributed by atoms with Crippen molar-refractivity contribution in [1.29, 1.82) is 0 Å². The zero-order valence-corrected chi connectivity index (χ0v) is 21.4. The van der Waals surface area contributed by atoms with Crippen LogP contribution in [0.5, 0.6) is 5.75 Å². The number of dihydropyridines is 1. The van der Waals surface area contributed by atoms with Crippen molar-refractivity contribution in [2.45, 2.75) is 25.8 Å². The van der Waals surface area contributed by atoms with Crippen LogP contribution in [0.1, 0.15) is 44.9 Å². The smallest absolute Gasteiger partial charge is 0.261 e. The molecule has 8 nitrogen and oxygen atoms in total. The molecule has 194 valence electrons. The summed E-state index contributed by atoms with van der Waals surface area (Å²) in [5, 5.41) is 9.49. The second kappa shape index (κ2) is 9.54. The molecule has 3 aliphatic rings. The van der Waals surface area contributed by atoms with Crippen LogP contribution in [0.25, 0.3) is 27.7 Å². The van der Waals surface area contributed by atoms with Crippen LogP contribution in [0.3, 0.4) is 0 Å². The average Bonchev–Trinajstić information content (AvgIpc) is 3.64. The van der Waals surface area contributed by atoms with Gasteiger partial charge in [0.15, 0.2) is 0 Å². The third-order valence-electron chi connectivity index (χ3n) is 7.56. The Morgan fingerprint density at radius 1 is 1.00 bits per heavy atom. The van der Waals surface area contributed by atoms with Crippen molar-refractivity contribution in [2.75, 3.05) is 19.7 Å². The minimum atomic E-state index is -0.237. The van der Waals surface area contributed by atoms with E-state index in [-0.39, 0.29) is 11.8 Å². The van der Waals surface area contributed by atoms with Crippen LogP contribution in [0.4, 0.5) is 0 Å². The molecule has 8 heteroatoms. The standard InChI is InChI=1S/C31H27N5O3/c37-30-23-7-1-2-8-24(23)31(38)35(30)16-6-18-39-20-11-12-21-22(13-15-33-26(21)19-20)28-27-10-5-17-36(27)34-29(28)25-9-3-4-14-32-25/h1-4,7-9,11-13,15,19,32H,5-6,10,14,16-18H2. The van der Waals surface area contributed by atoms with Crippen LogP contribution in [0.15, 0.2) is 73.0 Å². The van der Waals surface area contributed by atoms with Crippen LogP contribution in [-0.4, -0.2) is 51.2 Å². The monoisotopic (exact) mass is 517 g/mol. The fourth-order valence-electron chi connectivity index (χ4n) is 5.72. The summed E-state index contributed by atoms with van der Waals surface area (Å²) in [5.41, 5.74) is 7.37. The molecule has 0 unspecified atom stereocenters. The molecule has 3 aliphatic heterocycles. The number of benzene rings is 2. The Kier molecular flexibility index (Phi) is 5.73. The summed E-state index contributed by atoms with van der Waals surface area (Å²) >= 11 is 0. The number of carbonyl (C=O) groups is 2. The van der Waals surface area contributed by atoms with Crippen molar-refractivity contribution >= 4 is 28.4 Å². The number of hydrogen-bond donors (Lipinski definition) is 1. The van der Waals surface area contributed by atoms with Gasteiger partial charge >= 0.3 is 0 Å². The quantitative estimate of drug-likeness (QED) is 0.285. The van der Waals surface area contributed by atoms with E-state index in [9.17, 15) is 9.59 Å². The molecule has 0 fully saturated rings. The van der Waals surface area contributed by atoms with Crippen molar-refractivity contribution < 1.29 is 14.3 Å². The predicted molar refractivity (Wildman–Crippen MR) is 148 cm³/mol. The average molecular weight is 518 g/mol. The Labute approximate surface area is 225 Å². The van der Waals surface area contributed by atoms with Crippen LogP contribution >= 0.6 is 0 Å². The van der Waals surface area contributed by atoms with E-state index in [2.05, 4.69) is 45.3 Å². The van der Waals surface area contributed by atoms with E-state index >= 15 is 0 Å². The lowest BCUT2D eigenvalue weighted by Crippen LogP contribution is -2.31. The molecule has 0 atom stereocenters. The lowest BCUT2D eigenvalue weighted by molar-refractivity contribution is 0.0646. The third kappa shape index (κ3) is 4.00. The van der Waals surface area contributed by atoms with E-state index in [0.717, 1.165) is 53.8 Å². The number of nitrogens with zero attached hydrogens (tertiary/aromatic N) is 4. The zero-order chi connectivity index (χ0) is 26.3. The fraction of sp³-hybridized carbons (Fsp3) is 0.226. The van der Waals surface area contributed by atoms with Gasteiger partial charge in [0.05, 0.1) is 28.9 Å². The number of ether oxygens (including phenoxy) is 1. The molecule has 0 bridgehead atoms. The number of amides is 2. The predicted octanol–water partition coefficient (Wildman–Crippen LogP) is 4.61. The molecule has 0 radical (unpaired) electrons. The molecule has 2 aromatic carbocycles. The van der Waals surface area contributed by atoms with Crippen molar-refractivity contribution in [3.63, 3.8) is 0 Å². The first kappa shape index (κ1) is 23.4. The van der Waals surface area contributed by atoms with Crippen molar-refractivity contribution in [2.24, 2.45) is 0 Å². The minimum absolute atomic E-state index is 0.237.